The van der Waals surface area contributed by atoms with Crippen LogP contribution in [0.3, 0.4) is 0 Å². The lowest BCUT2D eigenvalue weighted by Crippen LogP contribution is -2.37. The lowest BCUT2D eigenvalue weighted by molar-refractivity contribution is -0.137. The molecule has 6 nitrogen and oxygen atoms in total. The molecule has 1 aliphatic carbocycles. The number of carbonyl (C=O) groups is 1. The molecular formula is C21H24Cl2N4O2. The summed E-state index contributed by atoms with van der Waals surface area (Å²) in [5.41, 5.74) is 3.91. The van der Waals surface area contributed by atoms with Crippen LogP contribution in [-0.2, 0) is 11.3 Å². The number of nitrogens with zero attached hydrogens (tertiary/aromatic N) is 4. The molecule has 29 heavy (non-hydrogen) atoms. The van der Waals surface area contributed by atoms with Gasteiger partial charge in [-0.05, 0) is 38.1 Å². The first-order valence-corrected chi connectivity index (χ1v) is 10.7. The Bertz CT molecular complexity index is 1010. The van der Waals surface area contributed by atoms with Crippen molar-refractivity contribution in [2.45, 2.75) is 44.7 Å². The number of hydrogen-bond acceptors (Lipinski definition) is 4. The largest absolute Gasteiger partial charge is 0.481 e. The smallest absolute Gasteiger partial charge is 0.305 e. The van der Waals surface area contributed by atoms with Gasteiger partial charge in [0.25, 0.3) is 0 Å². The van der Waals surface area contributed by atoms with Crippen LogP contribution in [0.1, 0.15) is 26.7 Å². The topological polar surface area (TPSA) is 61.6 Å². The fourth-order valence-electron chi connectivity index (χ4n) is 4.33. The van der Waals surface area contributed by atoms with Gasteiger partial charge in [-0.25, -0.2) is 4.98 Å². The van der Waals surface area contributed by atoms with Crippen LogP contribution in [0.15, 0.2) is 41.1 Å². The molecule has 0 bridgehead atoms. The van der Waals surface area contributed by atoms with Crippen LogP contribution in [-0.4, -0.2) is 45.1 Å². The van der Waals surface area contributed by atoms with E-state index >= 15 is 0 Å². The van der Waals surface area contributed by atoms with Gasteiger partial charge in [0.1, 0.15) is 0 Å². The summed E-state index contributed by atoms with van der Waals surface area (Å²) < 4.78 is 2.14. The fraction of sp³-hybridized carbons (Fsp3) is 0.429. The minimum absolute atomic E-state index is 0.0106. The van der Waals surface area contributed by atoms with Crippen LogP contribution in [0.4, 0.5) is 11.6 Å². The van der Waals surface area contributed by atoms with Gasteiger partial charge in [0.15, 0.2) is 0 Å². The maximum atomic E-state index is 11.6. The summed E-state index contributed by atoms with van der Waals surface area (Å²) in [4.78, 5) is 20.7. The third-order valence-corrected chi connectivity index (χ3v) is 6.28. The van der Waals surface area contributed by atoms with E-state index in [1.54, 1.807) is 0 Å². The van der Waals surface area contributed by atoms with Crippen LogP contribution in [0.5, 0.6) is 0 Å². The van der Waals surface area contributed by atoms with E-state index in [-0.39, 0.29) is 17.8 Å². The second-order valence-electron chi connectivity index (χ2n) is 7.34. The number of aliphatic carboxylic acids is 1. The van der Waals surface area contributed by atoms with E-state index in [1.165, 1.54) is 0 Å². The molecule has 2 heterocycles. The molecule has 1 aromatic carbocycles. The second-order valence-corrected chi connectivity index (χ2v) is 8.35. The molecule has 1 aromatic heterocycles. The molecule has 1 N–H and O–H groups in total. The third-order valence-electron chi connectivity index (χ3n) is 5.62. The maximum Gasteiger partial charge on any atom is 0.305 e. The molecule has 2 atom stereocenters. The van der Waals surface area contributed by atoms with Gasteiger partial charge in [-0.3, -0.25) is 4.79 Å². The highest BCUT2D eigenvalue weighted by molar-refractivity contribution is 6.31. The Labute approximate surface area is 180 Å². The molecule has 0 fully saturated rings. The first-order chi connectivity index (χ1) is 13.9. The van der Waals surface area contributed by atoms with Crippen molar-refractivity contribution in [2.75, 3.05) is 22.9 Å². The van der Waals surface area contributed by atoms with Crippen LogP contribution in [0, 0.1) is 0 Å². The van der Waals surface area contributed by atoms with Gasteiger partial charge < -0.3 is 19.5 Å². The summed E-state index contributed by atoms with van der Waals surface area (Å²) in [6.07, 6.45) is 4.26. The summed E-state index contributed by atoms with van der Waals surface area (Å²) >= 11 is 12.8. The zero-order valence-corrected chi connectivity index (χ0v) is 18.0. The van der Waals surface area contributed by atoms with E-state index in [2.05, 4.69) is 29.4 Å². The summed E-state index contributed by atoms with van der Waals surface area (Å²) in [5, 5.41) is 9.87. The maximum absolute atomic E-state index is 11.6. The van der Waals surface area contributed by atoms with Crippen molar-refractivity contribution < 1.29 is 9.90 Å². The third kappa shape index (κ3) is 3.49. The molecule has 154 valence electrons. The Morgan fingerprint density at radius 3 is 2.72 bits per heavy atom. The van der Waals surface area contributed by atoms with E-state index < -0.39 is 5.97 Å². The van der Waals surface area contributed by atoms with Crippen molar-refractivity contribution in [3.63, 3.8) is 0 Å². The highest BCUT2D eigenvalue weighted by atomic mass is 35.5. The van der Waals surface area contributed by atoms with Gasteiger partial charge in [-0.1, -0.05) is 17.7 Å². The van der Waals surface area contributed by atoms with Crippen LogP contribution >= 0.6 is 23.2 Å². The predicted molar refractivity (Wildman–Crippen MR) is 118 cm³/mol. The Hall–Kier alpha value is -2.18. The highest BCUT2D eigenvalue weighted by Crippen LogP contribution is 2.41. The van der Waals surface area contributed by atoms with Gasteiger partial charge in [-0.2, -0.15) is 0 Å². The van der Waals surface area contributed by atoms with Crippen molar-refractivity contribution in [1.29, 1.82) is 0 Å². The zero-order valence-electron chi connectivity index (χ0n) is 16.5. The number of aromatic nitrogens is 2. The van der Waals surface area contributed by atoms with Gasteiger partial charge >= 0.3 is 5.97 Å². The minimum atomic E-state index is -0.838. The highest BCUT2D eigenvalue weighted by Gasteiger charge is 2.39. The van der Waals surface area contributed by atoms with Crippen molar-refractivity contribution >= 4 is 51.8 Å². The minimum Gasteiger partial charge on any atom is -0.481 e. The Morgan fingerprint density at radius 1 is 1.31 bits per heavy atom. The number of anilines is 2. The monoisotopic (exact) mass is 434 g/mol. The molecule has 0 saturated carbocycles. The number of carboxylic acids is 1. The Morgan fingerprint density at radius 2 is 2.07 bits per heavy atom. The number of carboxylic acid groups (broad SMARTS) is 1. The van der Waals surface area contributed by atoms with Crippen molar-refractivity contribution in [2.24, 2.45) is 0 Å². The van der Waals surface area contributed by atoms with E-state index in [9.17, 15) is 9.90 Å². The normalized spacial score (nSPS) is 21.2. The van der Waals surface area contributed by atoms with E-state index in [4.69, 9.17) is 28.2 Å². The van der Waals surface area contributed by atoms with Crippen LogP contribution in [0.2, 0.25) is 0 Å². The van der Waals surface area contributed by atoms with Crippen molar-refractivity contribution in [1.82, 2.24) is 9.55 Å². The molecule has 0 saturated heterocycles. The molecule has 2 aromatic rings. The first kappa shape index (κ1) is 20.1. The summed E-state index contributed by atoms with van der Waals surface area (Å²) in [5.74, 6) is -0.0932. The summed E-state index contributed by atoms with van der Waals surface area (Å²) in [6.45, 7) is 6.58. The number of allylic oxidation sites excluding steroid dienone is 4. The van der Waals surface area contributed by atoms with Crippen molar-refractivity contribution in [3.8, 4) is 0 Å². The molecule has 0 amide bonds. The van der Waals surface area contributed by atoms with E-state index in [1.807, 2.05) is 29.2 Å². The summed E-state index contributed by atoms with van der Waals surface area (Å²) in [7, 11) is 0. The number of rotatable bonds is 6. The number of halogens is 2. The van der Waals surface area contributed by atoms with Gasteiger partial charge in [0.2, 0.25) is 5.95 Å². The number of imidazole rings is 1. The van der Waals surface area contributed by atoms with Crippen molar-refractivity contribution in [3.05, 3.63) is 41.1 Å². The average molecular weight is 435 g/mol. The second kappa shape index (κ2) is 7.92. The summed E-state index contributed by atoms with van der Waals surface area (Å²) in [6, 6.07) is 5.88. The van der Waals surface area contributed by atoms with Crippen LogP contribution in [0.25, 0.3) is 11.0 Å². The number of fused-ring (bicyclic) bond motifs is 3. The Kier molecular flexibility index (Phi) is 5.49. The molecule has 2 aliphatic rings. The molecule has 0 spiro atoms. The standard InChI is InChI=1S/C21H24Cl2N4O2/c1-3-25(4-2)18-7-5-6-16-20(18)26-12-14(11-19(28)29)27(21(26)24-16)17-9-8-13(22)10-15(17)23/h5-9,14-15H,3-4,10-12H2,1-2H3,(H,28,29). The molecule has 0 radical (unpaired) electrons. The number of para-hydroxylation sites is 1. The number of alkyl halides is 1. The molecule has 1 aliphatic heterocycles. The molecule has 2 unspecified atom stereocenters. The first-order valence-electron chi connectivity index (χ1n) is 9.90. The number of hydrogen-bond donors (Lipinski definition) is 1. The molecule has 4 rings (SSSR count). The lowest BCUT2D eigenvalue weighted by Gasteiger charge is -2.30. The number of benzene rings is 1. The van der Waals surface area contributed by atoms with Crippen LogP contribution < -0.4 is 9.80 Å². The van der Waals surface area contributed by atoms with Gasteiger partial charge in [-0.15, -0.1) is 11.6 Å². The molecular weight excluding hydrogens is 411 g/mol. The predicted octanol–water partition coefficient (Wildman–Crippen LogP) is 4.56. The van der Waals surface area contributed by atoms with Gasteiger partial charge in [0, 0.05) is 36.8 Å². The fourth-order valence-corrected chi connectivity index (χ4v) is 4.97. The van der Waals surface area contributed by atoms with Gasteiger partial charge in [0.05, 0.1) is 34.6 Å². The average Bonchev–Trinajstić information content (AvgIpc) is 3.18. The quantitative estimate of drug-likeness (QED) is 0.674. The molecule has 8 heteroatoms. The van der Waals surface area contributed by atoms with E-state index in [0.29, 0.717) is 18.0 Å². The van der Waals surface area contributed by atoms with E-state index in [0.717, 1.165) is 41.5 Å². The SMILES string of the molecule is CCN(CC)c1cccc2nc3n(c12)CC(CC(=O)O)N3C1=CC=C(Cl)CC1Cl. The Balaban J connectivity index is 1.88. The zero-order chi connectivity index (χ0) is 20.7. The lowest BCUT2D eigenvalue weighted by atomic mass is 10.1.